The Morgan fingerprint density at radius 2 is 1.97 bits per heavy atom. The van der Waals surface area contributed by atoms with E-state index in [0.717, 1.165) is 33.2 Å². The summed E-state index contributed by atoms with van der Waals surface area (Å²) in [6, 6.07) is 13.3. The predicted octanol–water partition coefficient (Wildman–Crippen LogP) is 2.57. The average Bonchev–Trinajstić information content (AvgIpc) is 3.17. The molecule has 0 saturated carbocycles. The number of aliphatic hydroxyl groups excluding tert-OH is 1. The Morgan fingerprint density at radius 3 is 2.78 bits per heavy atom. The summed E-state index contributed by atoms with van der Waals surface area (Å²) < 4.78 is 1.83. The van der Waals surface area contributed by atoms with Gasteiger partial charge in [-0.15, -0.1) is 0 Å². The van der Waals surface area contributed by atoms with Crippen LogP contribution in [0.25, 0.3) is 22.0 Å². The van der Waals surface area contributed by atoms with Crippen molar-refractivity contribution in [3.63, 3.8) is 0 Å². The van der Waals surface area contributed by atoms with Crippen LogP contribution in [0.5, 0.6) is 0 Å². The van der Waals surface area contributed by atoms with Crippen molar-refractivity contribution in [1.29, 1.82) is 0 Å². The predicted molar refractivity (Wildman–Crippen MR) is 125 cm³/mol. The van der Waals surface area contributed by atoms with Gasteiger partial charge in [0.15, 0.2) is 0 Å². The summed E-state index contributed by atoms with van der Waals surface area (Å²) in [6.45, 7) is 2.82. The average molecular weight is 431 g/mol. The number of fused-ring (bicyclic) bond motifs is 1. The summed E-state index contributed by atoms with van der Waals surface area (Å²) in [7, 11) is 1.90. The van der Waals surface area contributed by atoms with Gasteiger partial charge >= 0.3 is 0 Å². The van der Waals surface area contributed by atoms with E-state index in [1.54, 1.807) is 12.3 Å². The van der Waals surface area contributed by atoms with E-state index in [9.17, 15) is 9.59 Å². The highest BCUT2D eigenvalue weighted by atomic mass is 16.3. The highest BCUT2D eigenvalue weighted by Crippen LogP contribution is 2.33. The Labute approximate surface area is 184 Å². The van der Waals surface area contributed by atoms with E-state index in [1.165, 1.54) is 0 Å². The lowest BCUT2D eigenvalue weighted by molar-refractivity contribution is 0.102. The third-order valence-corrected chi connectivity index (χ3v) is 5.49. The highest BCUT2D eigenvalue weighted by molar-refractivity contribution is 6.05. The van der Waals surface area contributed by atoms with Crippen LogP contribution in [-0.4, -0.2) is 38.9 Å². The Hall–Kier alpha value is -3.75. The fourth-order valence-electron chi connectivity index (χ4n) is 3.78. The molecule has 4 N–H and O–H groups in total. The molecule has 0 radical (unpaired) electrons. The van der Waals surface area contributed by atoms with E-state index >= 15 is 0 Å². The molecule has 2 heterocycles. The van der Waals surface area contributed by atoms with Crippen molar-refractivity contribution in [2.24, 2.45) is 7.05 Å². The van der Waals surface area contributed by atoms with Crippen LogP contribution in [0.2, 0.25) is 0 Å². The molecular weight excluding hydrogens is 406 g/mol. The summed E-state index contributed by atoms with van der Waals surface area (Å²) in [6.07, 6.45) is 3.40. The second-order valence-electron chi connectivity index (χ2n) is 7.59. The van der Waals surface area contributed by atoms with E-state index in [1.807, 2.05) is 61.2 Å². The number of amides is 1. The lowest BCUT2D eigenvalue weighted by Gasteiger charge is -2.14. The molecule has 0 saturated heterocycles. The molecule has 164 valence electrons. The normalized spacial score (nSPS) is 11.1. The van der Waals surface area contributed by atoms with Crippen LogP contribution in [0.3, 0.4) is 0 Å². The van der Waals surface area contributed by atoms with Crippen molar-refractivity contribution in [3.05, 3.63) is 81.9 Å². The van der Waals surface area contributed by atoms with Gasteiger partial charge in [0.2, 0.25) is 0 Å². The molecular formula is C24H25N5O3. The number of nitrogens with zero attached hydrogens (tertiary/aromatic N) is 2. The molecule has 8 heteroatoms. The SMILES string of the molecule is Cc1c(NC(=O)c2cc(CNCCO)c[nH]c2=O)cccc1-c1cccc2c1cnn2C. The monoisotopic (exact) mass is 431 g/mol. The van der Waals surface area contributed by atoms with Crippen molar-refractivity contribution >= 4 is 22.5 Å². The van der Waals surface area contributed by atoms with Gasteiger partial charge in [0, 0.05) is 37.4 Å². The number of aliphatic hydroxyl groups is 1. The molecule has 2 aromatic heterocycles. The van der Waals surface area contributed by atoms with Gasteiger partial charge < -0.3 is 20.7 Å². The molecule has 2 aromatic carbocycles. The molecule has 0 aliphatic heterocycles. The number of hydrogen-bond donors (Lipinski definition) is 4. The van der Waals surface area contributed by atoms with Crippen molar-refractivity contribution in [1.82, 2.24) is 20.1 Å². The molecule has 0 spiro atoms. The van der Waals surface area contributed by atoms with Crippen LogP contribution in [-0.2, 0) is 13.6 Å². The van der Waals surface area contributed by atoms with Crippen molar-refractivity contribution < 1.29 is 9.90 Å². The standard InChI is InChI=1S/C24H25N5O3/c1-15-17(18-6-4-8-22-20(18)14-27-29(22)2)5-3-7-21(15)28-24(32)19-11-16(12-25-9-10-30)13-26-23(19)31/h3-8,11,13-14,25,30H,9-10,12H2,1-2H3,(H,26,31)(H,28,32). The van der Waals surface area contributed by atoms with Crippen LogP contribution in [0.15, 0.2) is 59.7 Å². The first kappa shape index (κ1) is 21.5. The number of H-pyrrole nitrogens is 1. The van der Waals surface area contributed by atoms with Gasteiger partial charge in [-0.25, -0.2) is 0 Å². The van der Waals surface area contributed by atoms with E-state index in [-0.39, 0.29) is 12.2 Å². The number of rotatable bonds is 7. The minimum absolute atomic E-state index is 0.0130. The van der Waals surface area contributed by atoms with Crippen LogP contribution in [0.1, 0.15) is 21.5 Å². The van der Waals surface area contributed by atoms with Crippen molar-refractivity contribution in [2.75, 3.05) is 18.5 Å². The smallest absolute Gasteiger partial charge is 0.261 e. The summed E-state index contributed by atoms with van der Waals surface area (Å²) in [5.41, 5.74) is 4.89. The zero-order valence-electron chi connectivity index (χ0n) is 18.0. The zero-order valence-corrected chi connectivity index (χ0v) is 18.0. The molecule has 0 unspecified atom stereocenters. The second-order valence-corrected chi connectivity index (χ2v) is 7.59. The fourth-order valence-corrected chi connectivity index (χ4v) is 3.78. The lowest BCUT2D eigenvalue weighted by atomic mass is 9.96. The quantitative estimate of drug-likeness (QED) is 0.336. The second kappa shape index (κ2) is 9.17. The van der Waals surface area contributed by atoms with E-state index in [4.69, 9.17) is 5.11 Å². The minimum Gasteiger partial charge on any atom is -0.395 e. The number of nitrogens with one attached hydrogen (secondary N) is 3. The molecule has 8 nitrogen and oxygen atoms in total. The molecule has 0 bridgehead atoms. The third-order valence-electron chi connectivity index (χ3n) is 5.49. The number of benzene rings is 2. The molecule has 32 heavy (non-hydrogen) atoms. The number of carbonyl (C=O) groups excluding carboxylic acids is 1. The zero-order chi connectivity index (χ0) is 22.7. The number of aromatic amines is 1. The van der Waals surface area contributed by atoms with Crippen molar-refractivity contribution in [3.8, 4) is 11.1 Å². The Bertz CT molecular complexity index is 1340. The number of carbonyl (C=O) groups is 1. The number of aromatic nitrogens is 3. The first-order chi connectivity index (χ1) is 15.5. The molecule has 0 atom stereocenters. The molecule has 0 fully saturated rings. The van der Waals surface area contributed by atoms with E-state index in [0.29, 0.717) is 18.8 Å². The topological polar surface area (TPSA) is 112 Å². The molecule has 0 aliphatic rings. The lowest BCUT2D eigenvalue weighted by Crippen LogP contribution is -2.25. The largest absolute Gasteiger partial charge is 0.395 e. The van der Waals surface area contributed by atoms with Gasteiger partial charge in [-0.3, -0.25) is 14.3 Å². The first-order valence-corrected chi connectivity index (χ1v) is 10.3. The number of hydrogen-bond acceptors (Lipinski definition) is 5. The summed E-state index contributed by atoms with van der Waals surface area (Å²) in [5, 5.41) is 20.2. The van der Waals surface area contributed by atoms with Gasteiger partial charge in [-0.1, -0.05) is 24.3 Å². The maximum Gasteiger partial charge on any atom is 0.261 e. The molecule has 1 amide bonds. The first-order valence-electron chi connectivity index (χ1n) is 10.3. The minimum atomic E-state index is -0.477. The van der Waals surface area contributed by atoms with E-state index in [2.05, 4.69) is 20.7 Å². The van der Waals surface area contributed by atoms with Gasteiger partial charge in [-0.2, -0.15) is 5.10 Å². The maximum atomic E-state index is 12.9. The Kier molecular flexibility index (Phi) is 6.16. The summed E-state index contributed by atoms with van der Waals surface area (Å²) in [5.74, 6) is -0.477. The molecule has 0 aliphatic carbocycles. The van der Waals surface area contributed by atoms with Crippen LogP contribution in [0.4, 0.5) is 5.69 Å². The van der Waals surface area contributed by atoms with E-state index < -0.39 is 11.5 Å². The Morgan fingerprint density at radius 1 is 1.19 bits per heavy atom. The number of pyridine rings is 1. The fraction of sp³-hybridized carbons (Fsp3) is 0.208. The highest BCUT2D eigenvalue weighted by Gasteiger charge is 2.16. The van der Waals surface area contributed by atoms with Crippen molar-refractivity contribution in [2.45, 2.75) is 13.5 Å². The summed E-state index contributed by atoms with van der Waals surface area (Å²) in [4.78, 5) is 27.8. The number of anilines is 1. The van der Waals surface area contributed by atoms with Gasteiger partial charge in [0.1, 0.15) is 5.56 Å². The maximum absolute atomic E-state index is 12.9. The number of aryl methyl sites for hydroxylation is 1. The van der Waals surface area contributed by atoms with Gasteiger partial charge in [0.25, 0.3) is 11.5 Å². The Balaban J connectivity index is 1.64. The summed E-state index contributed by atoms with van der Waals surface area (Å²) >= 11 is 0. The van der Waals surface area contributed by atoms with Crippen LogP contribution < -0.4 is 16.2 Å². The third kappa shape index (κ3) is 4.18. The molecule has 4 rings (SSSR count). The van der Waals surface area contributed by atoms with Crippen LogP contribution in [0, 0.1) is 6.92 Å². The van der Waals surface area contributed by atoms with Crippen LogP contribution >= 0.6 is 0 Å². The van der Waals surface area contributed by atoms with Gasteiger partial charge in [0.05, 0.1) is 18.3 Å². The van der Waals surface area contributed by atoms with Gasteiger partial charge in [-0.05, 0) is 47.4 Å². The molecule has 4 aromatic rings.